The lowest BCUT2D eigenvalue weighted by molar-refractivity contribution is -0.142. The average Bonchev–Trinajstić information content (AvgIpc) is 2.96. The molecule has 0 N–H and O–H groups in total. The molecule has 4 atom stereocenters. The molecule has 1 aromatic heterocycles. The summed E-state index contributed by atoms with van der Waals surface area (Å²) in [5.41, 5.74) is 0.000159. The van der Waals surface area contributed by atoms with Crippen molar-refractivity contribution < 1.29 is 18.7 Å². The maximum Gasteiger partial charge on any atom is 0.337 e. The highest BCUT2D eigenvalue weighted by atomic mass is 19.1. The summed E-state index contributed by atoms with van der Waals surface area (Å²) < 4.78 is 26.3. The van der Waals surface area contributed by atoms with Crippen LogP contribution < -0.4 is 0 Å². The van der Waals surface area contributed by atoms with Crippen molar-refractivity contribution in [1.82, 2.24) is 4.98 Å². The summed E-state index contributed by atoms with van der Waals surface area (Å²) in [6.07, 6.45) is 4.83. The number of aryl methyl sites for hydroxylation is 1. The van der Waals surface area contributed by atoms with Gasteiger partial charge in [0.15, 0.2) is 0 Å². The van der Waals surface area contributed by atoms with Crippen molar-refractivity contribution in [1.29, 1.82) is 0 Å². The van der Waals surface area contributed by atoms with E-state index >= 15 is 0 Å². The molecule has 1 aromatic rings. The number of hydrogen-bond acceptors (Lipinski definition) is 4. The van der Waals surface area contributed by atoms with Crippen LogP contribution in [0.4, 0.5) is 4.39 Å². The molecule has 4 nitrogen and oxygen atoms in total. The first-order valence-corrected chi connectivity index (χ1v) is 8.09. The van der Waals surface area contributed by atoms with Gasteiger partial charge in [-0.3, -0.25) is 4.98 Å². The van der Waals surface area contributed by atoms with Crippen LogP contribution in [0.25, 0.3) is 0 Å². The first-order valence-electron chi connectivity index (χ1n) is 8.09. The fourth-order valence-electron chi connectivity index (χ4n) is 4.28. The summed E-state index contributed by atoms with van der Waals surface area (Å²) in [5, 5.41) is 0. The van der Waals surface area contributed by atoms with Gasteiger partial charge in [-0.05, 0) is 56.7 Å². The van der Waals surface area contributed by atoms with Crippen molar-refractivity contribution >= 4 is 5.97 Å². The molecule has 122 valence electrons. The lowest BCUT2D eigenvalue weighted by Gasteiger charge is -2.40. The number of nitrogens with zero attached hydrogens (tertiary/aromatic N) is 1. The molecule has 3 aliphatic rings. The number of alkyl halides is 1. The number of hydrogen-bond donors (Lipinski definition) is 0. The minimum absolute atomic E-state index is 0.0210. The highest BCUT2D eigenvalue weighted by Crippen LogP contribution is 2.56. The molecule has 2 fully saturated rings. The molecule has 0 amide bonds. The van der Waals surface area contributed by atoms with Gasteiger partial charge in [0.1, 0.15) is 17.4 Å². The van der Waals surface area contributed by atoms with E-state index in [0.29, 0.717) is 18.6 Å². The Morgan fingerprint density at radius 3 is 3.00 bits per heavy atom. The maximum atomic E-state index is 14.6. The van der Waals surface area contributed by atoms with Crippen LogP contribution in [0.5, 0.6) is 0 Å². The Morgan fingerprint density at radius 1 is 1.43 bits per heavy atom. The second kappa shape index (κ2) is 4.87. The van der Waals surface area contributed by atoms with Gasteiger partial charge >= 0.3 is 5.97 Å². The molecule has 1 aliphatic heterocycles. The standard InChI is InChI=1S/C18H20FNO3/c1-11-3-4-12(9-20-11)10-22-18-13-5-6-15(18)23-16(21)14(18)8-17(2,19)7-13/h3-4,8-9,13,15H,5-7,10H2,1-2H3/t13-,15-,17+,18+/m0/s1. The molecule has 0 aromatic carbocycles. The minimum Gasteiger partial charge on any atom is -0.455 e. The van der Waals surface area contributed by atoms with Crippen molar-refractivity contribution in [2.45, 2.75) is 57.1 Å². The second-order valence-corrected chi connectivity index (χ2v) is 7.10. The molecule has 0 radical (unpaired) electrons. The van der Waals surface area contributed by atoms with E-state index in [9.17, 15) is 9.18 Å². The Balaban J connectivity index is 1.67. The first kappa shape index (κ1) is 14.8. The highest BCUT2D eigenvalue weighted by Gasteiger charge is 2.65. The lowest BCUT2D eigenvalue weighted by atomic mass is 9.72. The van der Waals surface area contributed by atoms with Crippen molar-refractivity contribution in [2.75, 3.05) is 0 Å². The van der Waals surface area contributed by atoms with Crippen molar-refractivity contribution in [3.05, 3.63) is 41.2 Å². The lowest BCUT2D eigenvalue weighted by Crippen LogP contribution is -2.49. The average molecular weight is 317 g/mol. The molecule has 0 bridgehead atoms. The molecular weight excluding hydrogens is 297 g/mol. The quantitative estimate of drug-likeness (QED) is 0.804. The third-order valence-corrected chi connectivity index (χ3v) is 5.29. The summed E-state index contributed by atoms with van der Waals surface area (Å²) in [4.78, 5) is 16.5. The number of carbonyl (C=O) groups is 1. The largest absolute Gasteiger partial charge is 0.455 e. The predicted molar refractivity (Wildman–Crippen MR) is 81.3 cm³/mol. The zero-order chi connectivity index (χ0) is 16.2. The predicted octanol–water partition coefficient (Wildman–Crippen LogP) is 3.04. The van der Waals surface area contributed by atoms with E-state index in [-0.39, 0.29) is 12.0 Å². The number of pyridine rings is 1. The maximum absolute atomic E-state index is 14.6. The Morgan fingerprint density at radius 2 is 2.26 bits per heavy atom. The topological polar surface area (TPSA) is 48.4 Å². The van der Waals surface area contributed by atoms with Crippen LogP contribution >= 0.6 is 0 Å². The first-order chi connectivity index (χ1) is 10.9. The van der Waals surface area contributed by atoms with Gasteiger partial charge in [0, 0.05) is 11.9 Å². The van der Waals surface area contributed by atoms with Crippen molar-refractivity contribution in [3.63, 3.8) is 0 Å². The van der Waals surface area contributed by atoms with Crippen LogP contribution in [-0.4, -0.2) is 28.3 Å². The van der Waals surface area contributed by atoms with E-state index in [1.54, 1.807) is 6.20 Å². The van der Waals surface area contributed by atoms with Crippen molar-refractivity contribution in [2.24, 2.45) is 5.92 Å². The zero-order valence-electron chi connectivity index (χ0n) is 13.3. The summed E-state index contributed by atoms with van der Waals surface area (Å²) in [6.45, 7) is 3.79. The molecular formula is C18H20FNO3. The number of carbonyl (C=O) groups excluding carboxylic acids is 1. The zero-order valence-corrected chi connectivity index (χ0v) is 13.3. The SMILES string of the molecule is Cc1ccc(CO[C@@]23C4=C[C@](C)(F)C[C@@H]2CC[C@@H]3OC4=O)cn1. The summed E-state index contributed by atoms with van der Waals surface area (Å²) in [7, 11) is 0. The van der Waals surface area contributed by atoms with Crippen LogP contribution in [0.3, 0.4) is 0 Å². The van der Waals surface area contributed by atoms with Crippen LogP contribution in [0.15, 0.2) is 30.0 Å². The van der Waals surface area contributed by atoms with Crippen LogP contribution in [0, 0.1) is 12.8 Å². The third-order valence-electron chi connectivity index (χ3n) is 5.29. The molecule has 1 saturated carbocycles. The smallest absolute Gasteiger partial charge is 0.337 e. The Kier molecular flexibility index (Phi) is 3.14. The normalized spacial score (nSPS) is 38.2. The van der Waals surface area contributed by atoms with Crippen LogP contribution in [-0.2, 0) is 20.9 Å². The number of rotatable bonds is 3. The molecule has 2 aliphatic carbocycles. The molecule has 2 heterocycles. The van der Waals surface area contributed by atoms with Gasteiger partial charge in [0.2, 0.25) is 0 Å². The minimum atomic E-state index is -1.48. The number of esters is 1. The summed E-state index contributed by atoms with van der Waals surface area (Å²) in [5.74, 6) is -0.447. The summed E-state index contributed by atoms with van der Waals surface area (Å²) in [6, 6.07) is 3.89. The number of ether oxygens (including phenoxy) is 2. The number of aromatic nitrogens is 1. The van der Waals surface area contributed by atoms with Crippen LogP contribution in [0.2, 0.25) is 0 Å². The second-order valence-electron chi connectivity index (χ2n) is 7.10. The Hall–Kier alpha value is -1.75. The van der Waals surface area contributed by atoms with Gasteiger partial charge in [-0.2, -0.15) is 0 Å². The summed E-state index contributed by atoms with van der Waals surface area (Å²) >= 11 is 0. The molecule has 5 heteroatoms. The van der Waals surface area contributed by atoms with E-state index in [4.69, 9.17) is 9.47 Å². The molecule has 23 heavy (non-hydrogen) atoms. The van der Waals surface area contributed by atoms with Gasteiger partial charge in [-0.1, -0.05) is 6.07 Å². The van der Waals surface area contributed by atoms with E-state index in [1.807, 2.05) is 19.1 Å². The molecule has 0 spiro atoms. The molecule has 4 rings (SSSR count). The monoisotopic (exact) mass is 317 g/mol. The van der Waals surface area contributed by atoms with E-state index < -0.39 is 17.2 Å². The van der Waals surface area contributed by atoms with E-state index in [1.165, 1.54) is 13.0 Å². The fraction of sp³-hybridized carbons (Fsp3) is 0.556. The Bertz CT molecular complexity index is 682. The molecule has 0 unspecified atom stereocenters. The third kappa shape index (κ3) is 2.21. The highest BCUT2D eigenvalue weighted by molar-refractivity contribution is 5.94. The van der Waals surface area contributed by atoms with Crippen molar-refractivity contribution in [3.8, 4) is 0 Å². The van der Waals surface area contributed by atoms with Gasteiger partial charge in [-0.25, -0.2) is 9.18 Å². The fourth-order valence-corrected chi connectivity index (χ4v) is 4.28. The van der Waals surface area contributed by atoms with Gasteiger partial charge in [0.25, 0.3) is 0 Å². The van der Waals surface area contributed by atoms with E-state index in [2.05, 4.69) is 4.98 Å². The van der Waals surface area contributed by atoms with Gasteiger partial charge in [-0.15, -0.1) is 0 Å². The molecule has 1 saturated heterocycles. The number of allylic oxidation sites excluding steroid dienone is 1. The Labute approximate surface area is 134 Å². The number of halogens is 1. The van der Waals surface area contributed by atoms with Crippen LogP contribution in [0.1, 0.15) is 37.4 Å². The van der Waals surface area contributed by atoms with Gasteiger partial charge in [0.05, 0.1) is 12.2 Å². The van der Waals surface area contributed by atoms with E-state index in [0.717, 1.165) is 24.1 Å². The van der Waals surface area contributed by atoms with Gasteiger partial charge < -0.3 is 9.47 Å².